The Morgan fingerprint density at radius 3 is 2.81 bits per heavy atom. The number of methoxy groups -OCH3 is 1. The maximum Gasteiger partial charge on any atom is 0.237 e. The van der Waals surface area contributed by atoms with Crippen molar-refractivity contribution in [2.24, 2.45) is 0 Å². The lowest BCUT2D eigenvalue weighted by Gasteiger charge is -2.38. The highest BCUT2D eigenvalue weighted by atomic mass is 32.1. The first-order valence-corrected chi connectivity index (χ1v) is 10.1. The number of ether oxygens (including phenoxy) is 1. The van der Waals surface area contributed by atoms with Crippen LogP contribution >= 0.6 is 11.3 Å². The van der Waals surface area contributed by atoms with Crippen molar-refractivity contribution >= 4 is 23.2 Å². The van der Waals surface area contributed by atoms with E-state index in [1.54, 1.807) is 18.4 Å². The first kappa shape index (κ1) is 19.3. The number of amides is 2. The molecule has 2 amide bonds. The molecule has 2 aliphatic heterocycles. The summed E-state index contributed by atoms with van der Waals surface area (Å²) < 4.78 is 5.11. The molecule has 1 unspecified atom stereocenters. The van der Waals surface area contributed by atoms with Gasteiger partial charge in [-0.2, -0.15) is 0 Å². The molecule has 1 aromatic rings. The van der Waals surface area contributed by atoms with Gasteiger partial charge < -0.3 is 15.0 Å². The van der Waals surface area contributed by atoms with Crippen LogP contribution in [0.2, 0.25) is 0 Å². The fourth-order valence-electron chi connectivity index (χ4n) is 3.51. The van der Waals surface area contributed by atoms with E-state index in [1.807, 2.05) is 16.3 Å². The third-order valence-electron chi connectivity index (χ3n) is 5.09. The molecular weight excluding hydrogens is 352 g/mol. The van der Waals surface area contributed by atoms with Crippen molar-refractivity contribution in [1.29, 1.82) is 0 Å². The average molecular weight is 381 g/mol. The Balaban J connectivity index is 1.53. The molecule has 1 N–H and O–H groups in total. The summed E-state index contributed by atoms with van der Waals surface area (Å²) in [5, 5.41) is 4.95. The summed E-state index contributed by atoms with van der Waals surface area (Å²) in [6, 6.07) is 3.73. The van der Waals surface area contributed by atoms with Crippen molar-refractivity contribution < 1.29 is 14.3 Å². The molecule has 1 atom stereocenters. The Kier molecular flexibility index (Phi) is 7.01. The molecule has 144 valence electrons. The highest BCUT2D eigenvalue weighted by molar-refractivity contribution is 7.09. The van der Waals surface area contributed by atoms with Crippen LogP contribution < -0.4 is 5.32 Å². The van der Waals surface area contributed by atoms with Crippen molar-refractivity contribution in [1.82, 2.24) is 20.0 Å². The van der Waals surface area contributed by atoms with Gasteiger partial charge in [-0.05, 0) is 11.4 Å². The smallest absolute Gasteiger partial charge is 0.237 e. The van der Waals surface area contributed by atoms with Gasteiger partial charge in [-0.3, -0.25) is 19.4 Å². The van der Waals surface area contributed by atoms with Crippen LogP contribution in [0.1, 0.15) is 11.3 Å². The largest absolute Gasteiger partial charge is 0.383 e. The topological polar surface area (TPSA) is 65.1 Å². The normalized spacial score (nSPS) is 22.4. The lowest BCUT2D eigenvalue weighted by Crippen LogP contribution is -2.57. The summed E-state index contributed by atoms with van der Waals surface area (Å²) in [6.07, 6.45) is 0.259. The molecule has 0 saturated carbocycles. The van der Waals surface area contributed by atoms with Crippen molar-refractivity contribution in [3.63, 3.8) is 0 Å². The van der Waals surface area contributed by atoms with Gasteiger partial charge in [-0.15, -0.1) is 11.3 Å². The summed E-state index contributed by atoms with van der Waals surface area (Å²) in [5.74, 6) is 0.0505. The van der Waals surface area contributed by atoms with E-state index in [-0.39, 0.29) is 24.3 Å². The van der Waals surface area contributed by atoms with Gasteiger partial charge in [0.2, 0.25) is 11.8 Å². The number of thiophene rings is 1. The number of carbonyl (C=O) groups excluding carboxylic acids is 2. The number of hydrogen-bond donors (Lipinski definition) is 1. The van der Waals surface area contributed by atoms with Gasteiger partial charge in [0.25, 0.3) is 0 Å². The first-order chi connectivity index (χ1) is 12.7. The third-order valence-corrected chi connectivity index (χ3v) is 5.95. The van der Waals surface area contributed by atoms with E-state index in [2.05, 4.69) is 21.2 Å². The van der Waals surface area contributed by atoms with E-state index in [9.17, 15) is 9.59 Å². The second-order valence-corrected chi connectivity index (χ2v) is 7.81. The highest BCUT2D eigenvalue weighted by Crippen LogP contribution is 2.18. The molecule has 2 saturated heterocycles. The fraction of sp³-hybridized carbons (Fsp3) is 0.667. The van der Waals surface area contributed by atoms with Gasteiger partial charge in [0.1, 0.15) is 0 Å². The van der Waals surface area contributed by atoms with E-state index in [4.69, 9.17) is 4.74 Å². The standard InChI is InChI=1S/C18H28N4O3S/c1-25-11-10-20-6-8-21(9-7-20)17(23)13-16-18(24)19-4-5-22(16)14-15-3-2-12-26-15/h2-3,12,16H,4-11,13-14H2,1H3,(H,19,24). The van der Waals surface area contributed by atoms with Crippen LogP contribution in [0.15, 0.2) is 17.5 Å². The van der Waals surface area contributed by atoms with Crippen molar-refractivity contribution in [3.8, 4) is 0 Å². The molecule has 0 bridgehead atoms. The maximum absolute atomic E-state index is 12.8. The van der Waals surface area contributed by atoms with Crippen LogP contribution in [-0.2, 0) is 20.9 Å². The molecule has 8 heteroatoms. The third kappa shape index (κ3) is 5.03. The van der Waals surface area contributed by atoms with E-state index in [0.717, 1.165) is 45.8 Å². The van der Waals surface area contributed by atoms with E-state index < -0.39 is 0 Å². The summed E-state index contributed by atoms with van der Waals surface area (Å²) in [4.78, 5) is 32.7. The van der Waals surface area contributed by atoms with E-state index in [0.29, 0.717) is 13.2 Å². The molecule has 3 heterocycles. The Morgan fingerprint density at radius 2 is 2.12 bits per heavy atom. The summed E-state index contributed by atoms with van der Waals surface area (Å²) in [7, 11) is 1.71. The Hall–Kier alpha value is -1.48. The Labute approximate surface area is 158 Å². The lowest BCUT2D eigenvalue weighted by molar-refractivity contribution is -0.140. The molecule has 3 rings (SSSR count). The maximum atomic E-state index is 12.8. The van der Waals surface area contributed by atoms with Crippen LogP contribution in [0, 0.1) is 0 Å². The summed E-state index contributed by atoms with van der Waals surface area (Å²) in [6.45, 7) is 6.96. The molecule has 0 aromatic carbocycles. The van der Waals surface area contributed by atoms with Crippen LogP contribution in [0.3, 0.4) is 0 Å². The monoisotopic (exact) mass is 380 g/mol. The molecule has 0 aliphatic carbocycles. The summed E-state index contributed by atoms with van der Waals surface area (Å²) >= 11 is 1.69. The van der Waals surface area contributed by atoms with Crippen LogP contribution in [0.4, 0.5) is 0 Å². The zero-order chi connectivity index (χ0) is 18.4. The second kappa shape index (κ2) is 9.45. The number of piperazine rings is 2. The number of rotatable bonds is 7. The number of nitrogens with zero attached hydrogens (tertiary/aromatic N) is 3. The second-order valence-electron chi connectivity index (χ2n) is 6.78. The van der Waals surface area contributed by atoms with Crippen LogP contribution in [-0.4, -0.2) is 92.1 Å². The van der Waals surface area contributed by atoms with Gasteiger partial charge in [0.15, 0.2) is 0 Å². The first-order valence-electron chi connectivity index (χ1n) is 9.20. The minimum absolute atomic E-state index is 0.0279. The van der Waals surface area contributed by atoms with Gasteiger partial charge in [-0.1, -0.05) is 6.07 Å². The molecule has 1 aromatic heterocycles. The van der Waals surface area contributed by atoms with Crippen LogP contribution in [0.25, 0.3) is 0 Å². The average Bonchev–Trinajstić information content (AvgIpc) is 3.16. The van der Waals surface area contributed by atoms with Gasteiger partial charge in [0.05, 0.1) is 19.1 Å². The SMILES string of the molecule is COCCN1CCN(C(=O)CC2C(=O)NCCN2Cc2cccs2)CC1. The van der Waals surface area contributed by atoms with Crippen LogP contribution in [0.5, 0.6) is 0 Å². The molecule has 2 fully saturated rings. The minimum Gasteiger partial charge on any atom is -0.383 e. The quantitative estimate of drug-likeness (QED) is 0.734. The minimum atomic E-state index is -0.370. The molecule has 26 heavy (non-hydrogen) atoms. The van der Waals surface area contributed by atoms with E-state index in [1.165, 1.54) is 4.88 Å². The molecule has 0 spiro atoms. The van der Waals surface area contributed by atoms with Gasteiger partial charge in [-0.25, -0.2) is 0 Å². The van der Waals surface area contributed by atoms with Gasteiger partial charge >= 0.3 is 0 Å². The fourth-order valence-corrected chi connectivity index (χ4v) is 4.24. The Morgan fingerprint density at radius 1 is 1.31 bits per heavy atom. The Bertz CT molecular complexity index is 587. The highest BCUT2D eigenvalue weighted by Gasteiger charge is 2.33. The number of carbonyl (C=O) groups is 2. The molecule has 2 aliphatic rings. The van der Waals surface area contributed by atoms with Crippen molar-refractivity contribution in [3.05, 3.63) is 22.4 Å². The molecule has 0 radical (unpaired) electrons. The predicted octanol–water partition coefficient (Wildman–Crippen LogP) is 0.229. The number of nitrogens with one attached hydrogen (secondary N) is 1. The predicted molar refractivity (Wildman–Crippen MR) is 101 cm³/mol. The van der Waals surface area contributed by atoms with Gasteiger partial charge in [0, 0.05) is 64.3 Å². The zero-order valence-electron chi connectivity index (χ0n) is 15.4. The molecule has 7 nitrogen and oxygen atoms in total. The van der Waals surface area contributed by atoms with Crippen molar-refractivity contribution in [2.75, 3.05) is 59.5 Å². The van der Waals surface area contributed by atoms with E-state index >= 15 is 0 Å². The number of hydrogen-bond acceptors (Lipinski definition) is 6. The van der Waals surface area contributed by atoms with Crippen molar-refractivity contribution in [2.45, 2.75) is 19.0 Å². The summed E-state index contributed by atoms with van der Waals surface area (Å²) in [5.41, 5.74) is 0. The lowest BCUT2D eigenvalue weighted by atomic mass is 10.1. The zero-order valence-corrected chi connectivity index (χ0v) is 16.2. The molecular formula is C18H28N4O3S.